The summed E-state index contributed by atoms with van der Waals surface area (Å²) in [6.07, 6.45) is -10.2. The zero-order valence-corrected chi connectivity index (χ0v) is 16.0. The molecule has 0 spiro atoms. The van der Waals surface area contributed by atoms with Crippen molar-refractivity contribution in [2.24, 2.45) is 0 Å². The molecule has 0 saturated heterocycles. The number of rotatable bonds is 4. The molecule has 0 radical (unpaired) electrons. The van der Waals surface area contributed by atoms with E-state index in [9.17, 15) is 34.8 Å². The van der Waals surface area contributed by atoms with Gasteiger partial charge in [-0.05, 0) is 48.5 Å². The van der Waals surface area contributed by atoms with Crippen LogP contribution in [0.2, 0.25) is 5.02 Å². The molecule has 3 aromatic rings. The van der Waals surface area contributed by atoms with Crippen LogP contribution in [-0.2, 0) is 22.4 Å². The summed E-state index contributed by atoms with van der Waals surface area (Å²) in [6.45, 7) is 0. The van der Waals surface area contributed by atoms with Gasteiger partial charge in [-0.2, -0.15) is 31.4 Å². The van der Waals surface area contributed by atoms with Crippen LogP contribution in [-0.4, -0.2) is 18.2 Å². The zero-order chi connectivity index (χ0) is 22.3. The van der Waals surface area contributed by atoms with Crippen LogP contribution in [0.1, 0.15) is 11.4 Å². The Balaban J connectivity index is 1.93. The molecule has 0 atom stereocenters. The molecule has 0 amide bonds. The standard InChI is InChI=1S/C17H10ClF6N3O2S/c18-10-1-7-13(8-2-10)30(28,29)26-11-3-5-12(6-4-11)27-15(17(22,23)24)9-14(25-27)16(19,20)21/h1-9,26H. The van der Waals surface area contributed by atoms with E-state index in [1.165, 1.54) is 24.3 Å². The van der Waals surface area contributed by atoms with Gasteiger partial charge in [-0.25, -0.2) is 13.1 Å². The van der Waals surface area contributed by atoms with Crippen molar-refractivity contribution >= 4 is 27.3 Å². The van der Waals surface area contributed by atoms with Gasteiger partial charge in [0.2, 0.25) is 0 Å². The number of sulfonamides is 1. The minimum Gasteiger partial charge on any atom is -0.280 e. The lowest BCUT2D eigenvalue weighted by molar-refractivity contribution is -0.143. The zero-order valence-electron chi connectivity index (χ0n) is 14.5. The Morgan fingerprint density at radius 1 is 0.867 bits per heavy atom. The topological polar surface area (TPSA) is 64.0 Å². The minimum absolute atomic E-state index is 0.0227. The van der Waals surface area contributed by atoms with E-state index in [-0.39, 0.29) is 27.0 Å². The molecular formula is C17H10ClF6N3O2S. The van der Waals surface area contributed by atoms with E-state index in [1.807, 2.05) is 0 Å². The number of nitrogens with zero attached hydrogens (tertiary/aromatic N) is 2. The van der Waals surface area contributed by atoms with Crippen molar-refractivity contribution in [3.05, 3.63) is 71.0 Å². The molecule has 0 unspecified atom stereocenters. The van der Waals surface area contributed by atoms with E-state index in [2.05, 4.69) is 9.82 Å². The van der Waals surface area contributed by atoms with Gasteiger partial charge >= 0.3 is 12.4 Å². The number of halogens is 7. The number of benzene rings is 2. The molecule has 3 rings (SSSR count). The SMILES string of the molecule is O=S(=O)(Nc1ccc(-n2nc(C(F)(F)F)cc2C(F)(F)F)cc1)c1ccc(Cl)cc1. The smallest absolute Gasteiger partial charge is 0.280 e. The van der Waals surface area contributed by atoms with Gasteiger partial charge in [0.15, 0.2) is 5.69 Å². The normalized spacial score (nSPS) is 12.8. The second kappa shape index (κ2) is 7.51. The van der Waals surface area contributed by atoms with Crippen LogP contribution in [0.5, 0.6) is 0 Å². The maximum atomic E-state index is 13.1. The van der Waals surface area contributed by atoms with Crippen molar-refractivity contribution in [2.45, 2.75) is 17.2 Å². The molecule has 1 N–H and O–H groups in total. The summed E-state index contributed by atoms with van der Waals surface area (Å²) in [5.74, 6) is 0. The van der Waals surface area contributed by atoms with E-state index in [1.54, 1.807) is 0 Å². The van der Waals surface area contributed by atoms with Gasteiger partial charge in [0.05, 0.1) is 10.6 Å². The van der Waals surface area contributed by atoms with E-state index in [0.29, 0.717) is 5.02 Å². The van der Waals surface area contributed by atoms with E-state index < -0.39 is 33.8 Å². The number of anilines is 1. The molecule has 0 aliphatic rings. The fourth-order valence-electron chi connectivity index (χ4n) is 2.42. The molecule has 1 heterocycles. The fraction of sp³-hybridized carbons (Fsp3) is 0.118. The van der Waals surface area contributed by atoms with Gasteiger partial charge in [-0.1, -0.05) is 11.6 Å². The molecule has 160 valence electrons. The van der Waals surface area contributed by atoms with Crippen LogP contribution in [0.25, 0.3) is 5.69 Å². The first-order valence-electron chi connectivity index (χ1n) is 7.91. The van der Waals surface area contributed by atoms with Crippen molar-refractivity contribution < 1.29 is 34.8 Å². The van der Waals surface area contributed by atoms with Gasteiger partial charge in [-0.15, -0.1) is 0 Å². The van der Waals surface area contributed by atoms with Crippen LogP contribution in [0.4, 0.5) is 32.0 Å². The predicted molar refractivity (Wildman–Crippen MR) is 95.8 cm³/mol. The lowest BCUT2D eigenvalue weighted by Crippen LogP contribution is -2.14. The van der Waals surface area contributed by atoms with Gasteiger partial charge in [0.1, 0.15) is 5.69 Å². The Morgan fingerprint density at radius 3 is 1.93 bits per heavy atom. The summed E-state index contributed by atoms with van der Waals surface area (Å²) in [5.41, 5.74) is -3.69. The highest BCUT2D eigenvalue weighted by atomic mass is 35.5. The second-order valence-electron chi connectivity index (χ2n) is 5.93. The highest BCUT2D eigenvalue weighted by Gasteiger charge is 2.42. The van der Waals surface area contributed by atoms with Crippen molar-refractivity contribution in [3.63, 3.8) is 0 Å². The van der Waals surface area contributed by atoms with Crippen molar-refractivity contribution in [1.29, 1.82) is 0 Å². The molecule has 0 saturated carbocycles. The quantitative estimate of drug-likeness (QED) is 0.523. The van der Waals surface area contributed by atoms with Gasteiger partial charge in [-0.3, -0.25) is 4.72 Å². The summed E-state index contributed by atoms with van der Waals surface area (Å²) in [5, 5.41) is 3.31. The monoisotopic (exact) mass is 469 g/mol. The third-order valence-corrected chi connectivity index (χ3v) is 5.43. The number of hydrogen-bond acceptors (Lipinski definition) is 3. The maximum absolute atomic E-state index is 13.1. The Kier molecular flexibility index (Phi) is 5.50. The molecule has 2 aromatic carbocycles. The summed E-state index contributed by atoms with van der Waals surface area (Å²) in [7, 11) is -4.01. The average molecular weight is 470 g/mol. The Hall–Kier alpha value is -2.73. The molecule has 1 aromatic heterocycles. The summed E-state index contributed by atoms with van der Waals surface area (Å²) >= 11 is 5.70. The summed E-state index contributed by atoms with van der Waals surface area (Å²) in [4.78, 5) is -0.114. The van der Waals surface area contributed by atoms with Crippen molar-refractivity contribution in [2.75, 3.05) is 4.72 Å². The van der Waals surface area contributed by atoms with Crippen molar-refractivity contribution in [1.82, 2.24) is 9.78 Å². The third-order valence-electron chi connectivity index (χ3n) is 3.78. The molecule has 30 heavy (non-hydrogen) atoms. The lowest BCUT2D eigenvalue weighted by Gasteiger charge is -2.12. The molecule has 0 bridgehead atoms. The molecule has 0 aliphatic carbocycles. The summed E-state index contributed by atoms with van der Waals surface area (Å²) < 4.78 is 105. The van der Waals surface area contributed by atoms with Gasteiger partial charge in [0, 0.05) is 16.8 Å². The molecule has 0 aliphatic heterocycles. The largest absolute Gasteiger partial charge is 0.435 e. The molecule has 5 nitrogen and oxygen atoms in total. The third kappa shape index (κ3) is 4.70. The van der Waals surface area contributed by atoms with Crippen LogP contribution in [0.3, 0.4) is 0 Å². The second-order valence-corrected chi connectivity index (χ2v) is 8.05. The van der Waals surface area contributed by atoms with E-state index in [0.717, 1.165) is 24.3 Å². The highest BCUT2D eigenvalue weighted by Crippen LogP contribution is 2.36. The lowest BCUT2D eigenvalue weighted by atomic mass is 10.2. The highest BCUT2D eigenvalue weighted by molar-refractivity contribution is 7.92. The van der Waals surface area contributed by atoms with Crippen LogP contribution >= 0.6 is 11.6 Å². The van der Waals surface area contributed by atoms with Gasteiger partial charge in [0.25, 0.3) is 10.0 Å². The Bertz CT molecular complexity index is 1150. The molecule has 13 heteroatoms. The first-order valence-corrected chi connectivity index (χ1v) is 9.77. The Morgan fingerprint density at radius 2 is 1.43 bits per heavy atom. The van der Waals surface area contributed by atoms with Crippen LogP contribution < -0.4 is 4.72 Å². The molecular weight excluding hydrogens is 460 g/mol. The first kappa shape index (κ1) is 22.0. The van der Waals surface area contributed by atoms with Crippen molar-refractivity contribution in [3.8, 4) is 5.69 Å². The predicted octanol–water partition coefficient (Wildman–Crippen LogP) is 5.36. The summed E-state index contributed by atoms with van der Waals surface area (Å²) in [6, 6.07) is 9.30. The maximum Gasteiger partial charge on any atom is 0.435 e. The molecule has 0 fully saturated rings. The van der Waals surface area contributed by atoms with Gasteiger partial charge < -0.3 is 0 Å². The number of hydrogen-bond donors (Lipinski definition) is 1. The Labute approximate surface area is 170 Å². The fourth-order valence-corrected chi connectivity index (χ4v) is 3.60. The average Bonchev–Trinajstić information content (AvgIpc) is 3.09. The number of aromatic nitrogens is 2. The van der Waals surface area contributed by atoms with E-state index in [4.69, 9.17) is 11.6 Å². The van der Waals surface area contributed by atoms with Crippen LogP contribution in [0, 0.1) is 0 Å². The number of nitrogens with one attached hydrogen (secondary N) is 1. The number of alkyl halides is 6. The minimum atomic E-state index is -5.09. The van der Waals surface area contributed by atoms with Crippen LogP contribution in [0.15, 0.2) is 59.5 Å². The first-order chi connectivity index (χ1) is 13.8. The van der Waals surface area contributed by atoms with E-state index >= 15 is 0 Å².